The zero-order valence-electron chi connectivity index (χ0n) is 11.6. The number of amides is 1. The van der Waals surface area contributed by atoms with Crippen molar-refractivity contribution in [3.05, 3.63) is 65.7 Å². The Morgan fingerprint density at radius 3 is 2.38 bits per heavy atom. The summed E-state index contributed by atoms with van der Waals surface area (Å²) in [6, 6.07) is 16.1. The molecule has 21 heavy (non-hydrogen) atoms. The minimum Gasteiger partial charge on any atom is -0.479 e. The Hall–Kier alpha value is -2.62. The normalized spacial score (nSPS) is 21.0. The molecular weight excluding hydrogens is 266 g/mol. The van der Waals surface area contributed by atoms with Crippen molar-refractivity contribution < 1.29 is 14.7 Å². The Labute approximate surface area is 122 Å². The quantitative estimate of drug-likeness (QED) is 0.920. The van der Waals surface area contributed by atoms with Crippen LogP contribution in [0.5, 0.6) is 0 Å². The van der Waals surface area contributed by atoms with Crippen molar-refractivity contribution in [2.24, 2.45) is 0 Å². The molecule has 0 saturated carbocycles. The third-order valence-electron chi connectivity index (χ3n) is 3.95. The number of carbonyl (C=O) groups is 2. The van der Waals surface area contributed by atoms with E-state index >= 15 is 0 Å². The molecular formula is C17H15NO3. The van der Waals surface area contributed by atoms with E-state index < -0.39 is 11.5 Å². The summed E-state index contributed by atoms with van der Waals surface area (Å²) in [5.41, 5.74) is 0.661. The molecule has 106 valence electrons. The number of anilines is 1. The molecule has 0 aromatic heterocycles. The molecule has 2 aromatic carbocycles. The number of carbonyl (C=O) groups excluding carboxylic acids is 1. The van der Waals surface area contributed by atoms with Gasteiger partial charge in [-0.15, -0.1) is 0 Å². The summed E-state index contributed by atoms with van der Waals surface area (Å²) in [5, 5.41) is 9.68. The Kier molecular flexibility index (Phi) is 3.01. The maximum Gasteiger partial charge on any atom is 0.330 e. The Balaban J connectivity index is 2.20. The van der Waals surface area contributed by atoms with E-state index in [1.807, 2.05) is 18.2 Å². The fourth-order valence-corrected chi connectivity index (χ4v) is 2.83. The number of nitrogens with zero attached hydrogens (tertiary/aromatic N) is 1. The van der Waals surface area contributed by atoms with Gasteiger partial charge in [-0.1, -0.05) is 36.4 Å². The first-order valence-corrected chi connectivity index (χ1v) is 6.75. The zero-order chi connectivity index (χ0) is 15.0. The van der Waals surface area contributed by atoms with Crippen molar-refractivity contribution >= 4 is 17.6 Å². The predicted octanol–water partition coefficient (Wildman–Crippen LogP) is 2.73. The van der Waals surface area contributed by atoms with Crippen LogP contribution < -0.4 is 4.90 Å². The van der Waals surface area contributed by atoms with Crippen LogP contribution in [0.1, 0.15) is 22.8 Å². The van der Waals surface area contributed by atoms with Gasteiger partial charge in [-0.25, -0.2) is 4.79 Å². The fourth-order valence-electron chi connectivity index (χ4n) is 2.83. The molecule has 4 nitrogen and oxygen atoms in total. The highest BCUT2D eigenvalue weighted by molar-refractivity contribution is 6.13. The minimum absolute atomic E-state index is 0.270. The van der Waals surface area contributed by atoms with Crippen molar-refractivity contribution in [2.75, 3.05) is 4.90 Å². The first-order valence-electron chi connectivity index (χ1n) is 6.75. The summed E-state index contributed by atoms with van der Waals surface area (Å²) in [5.74, 6) is -1.28. The average molecular weight is 281 g/mol. The second-order valence-corrected chi connectivity index (χ2v) is 5.39. The monoisotopic (exact) mass is 281 g/mol. The minimum atomic E-state index is -1.28. The number of rotatable bonds is 2. The maximum absolute atomic E-state index is 12.8. The molecule has 1 aliphatic rings. The third-order valence-corrected chi connectivity index (χ3v) is 3.95. The van der Waals surface area contributed by atoms with Crippen LogP contribution in [0.15, 0.2) is 54.6 Å². The van der Waals surface area contributed by atoms with E-state index in [2.05, 4.69) is 0 Å². The van der Waals surface area contributed by atoms with E-state index in [9.17, 15) is 14.7 Å². The standard InChI is InChI=1S/C17H15NO3/c1-17(16(20)21)11-12-7-5-6-10-14(12)15(19)18(17)13-8-3-2-4-9-13/h2-10H,11H2,1H3,(H,20,21). The van der Waals surface area contributed by atoms with Gasteiger partial charge in [0.05, 0.1) is 0 Å². The second-order valence-electron chi connectivity index (χ2n) is 5.39. The Bertz CT molecular complexity index is 711. The van der Waals surface area contributed by atoms with E-state index in [0.29, 0.717) is 17.7 Å². The third kappa shape index (κ3) is 2.00. The topological polar surface area (TPSA) is 57.6 Å². The van der Waals surface area contributed by atoms with E-state index in [1.165, 1.54) is 4.90 Å². The summed E-state index contributed by atoms with van der Waals surface area (Å²) in [7, 11) is 0. The lowest BCUT2D eigenvalue weighted by molar-refractivity contribution is -0.142. The van der Waals surface area contributed by atoms with Crippen molar-refractivity contribution in [2.45, 2.75) is 18.9 Å². The first-order chi connectivity index (χ1) is 10.0. The van der Waals surface area contributed by atoms with Crippen LogP contribution in [0.2, 0.25) is 0 Å². The lowest BCUT2D eigenvalue weighted by atomic mass is 9.83. The summed E-state index contributed by atoms with van der Waals surface area (Å²) in [6.07, 6.45) is 0.291. The van der Waals surface area contributed by atoms with Crippen LogP contribution in [0.4, 0.5) is 5.69 Å². The van der Waals surface area contributed by atoms with E-state index in [1.54, 1.807) is 43.3 Å². The molecule has 0 radical (unpaired) electrons. The van der Waals surface area contributed by atoms with Crippen molar-refractivity contribution in [1.82, 2.24) is 0 Å². The van der Waals surface area contributed by atoms with Gasteiger partial charge >= 0.3 is 5.97 Å². The Morgan fingerprint density at radius 1 is 1.10 bits per heavy atom. The smallest absolute Gasteiger partial charge is 0.330 e. The Morgan fingerprint density at radius 2 is 1.71 bits per heavy atom. The fraction of sp³-hybridized carbons (Fsp3) is 0.176. The summed E-state index contributed by atoms with van der Waals surface area (Å²) < 4.78 is 0. The number of carboxylic acids is 1. The molecule has 1 amide bonds. The number of para-hydroxylation sites is 1. The molecule has 1 aliphatic heterocycles. The molecule has 0 saturated heterocycles. The summed E-state index contributed by atoms with van der Waals surface area (Å²) in [4.78, 5) is 26.0. The van der Waals surface area contributed by atoms with Gasteiger partial charge in [0.1, 0.15) is 5.54 Å². The van der Waals surface area contributed by atoms with Crippen LogP contribution in [-0.4, -0.2) is 22.5 Å². The molecule has 1 unspecified atom stereocenters. The predicted molar refractivity (Wildman–Crippen MR) is 79.4 cm³/mol. The van der Waals surface area contributed by atoms with E-state index in [0.717, 1.165) is 5.56 Å². The van der Waals surface area contributed by atoms with Gasteiger partial charge in [0.25, 0.3) is 5.91 Å². The number of hydrogen-bond acceptors (Lipinski definition) is 2. The average Bonchev–Trinajstić information content (AvgIpc) is 2.48. The van der Waals surface area contributed by atoms with Gasteiger partial charge < -0.3 is 5.11 Å². The highest BCUT2D eigenvalue weighted by atomic mass is 16.4. The van der Waals surface area contributed by atoms with Gasteiger partial charge in [-0.2, -0.15) is 0 Å². The highest BCUT2D eigenvalue weighted by Crippen LogP contribution is 2.35. The van der Waals surface area contributed by atoms with Crippen molar-refractivity contribution in [3.8, 4) is 0 Å². The number of carboxylic acid groups (broad SMARTS) is 1. The van der Waals surface area contributed by atoms with E-state index in [-0.39, 0.29) is 5.91 Å². The number of fused-ring (bicyclic) bond motifs is 1. The van der Waals surface area contributed by atoms with Gasteiger partial charge in [-0.05, 0) is 30.7 Å². The summed E-state index contributed by atoms with van der Waals surface area (Å²) >= 11 is 0. The maximum atomic E-state index is 12.8. The van der Waals surface area contributed by atoms with Crippen LogP contribution in [0.3, 0.4) is 0 Å². The van der Waals surface area contributed by atoms with Crippen molar-refractivity contribution in [3.63, 3.8) is 0 Å². The number of benzene rings is 2. The SMILES string of the molecule is CC1(C(=O)O)Cc2ccccc2C(=O)N1c1ccccc1. The molecule has 2 aromatic rings. The first kappa shape index (κ1) is 13.4. The lowest BCUT2D eigenvalue weighted by Gasteiger charge is -2.42. The zero-order valence-corrected chi connectivity index (χ0v) is 11.6. The van der Waals surface area contributed by atoms with Crippen molar-refractivity contribution in [1.29, 1.82) is 0 Å². The molecule has 0 bridgehead atoms. The van der Waals surface area contributed by atoms with Gasteiger partial charge in [0.15, 0.2) is 0 Å². The molecule has 1 heterocycles. The van der Waals surface area contributed by atoms with Crippen LogP contribution in [0, 0.1) is 0 Å². The second kappa shape index (κ2) is 4.74. The highest BCUT2D eigenvalue weighted by Gasteiger charge is 2.47. The van der Waals surface area contributed by atoms with Crippen LogP contribution >= 0.6 is 0 Å². The van der Waals surface area contributed by atoms with Gasteiger partial charge in [0.2, 0.25) is 0 Å². The molecule has 0 spiro atoms. The van der Waals surface area contributed by atoms with Crippen LogP contribution in [-0.2, 0) is 11.2 Å². The van der Waals surface area contributed by atoms with E-state index in [4.69, 9.17) is 0 Å². The number of hydrogen-bond donors (Lipinski definition) is 1. The molecule has 1 N–H and O–H groups in total. The lowest BCUT2D eigenvalue weighted by Crippen LogP contribution is -2.59. The van der Waals surface area contributed by atoms with Gasteiger partial charge in [0, 0.05) is 17.7 Å². The molecule has 0 fully saturated rings. The summed E-state index contributed by atoms with van der Waals surface area (Å²) in [6.45, 7) is 1.59. The molecule has 4 heteroatoms. The van der Waals surface area contributed by atoms with Gasteiger partial charge in [-0.3, -0.25) is 9.69 Å². The van der Waals surface area contributed by atoms with Crippen LogP contribution in [0.25, 0.3) is 0 Å². The molecule has 0 aliphatic carbocycles. The largest absolute Gasteiger partial charge is 0.479 e. The molecule has 3 rings (SSSR count). The molecule has 1 atom stereocenters. The number of aliphatic carboxylic acids is 1.